The molecule has 0 radical (unpaired) electrons. The van der Waals surface area contributed by atoms with E-state index in [9.17, 15) is 0 Å². The van der Waals surface area contributed by atoms with Crippen LogP contribution in [0.1, 0.15) is 23.0 Å². The maximum atomic E-state index is 5.55. The molecular formula is C15H19N3O. The van der Waals surface area contributed by atoms with Crippen molar-refractivity contribution in [1.29, 1.82) is 0 Å². The first-order valence-corrected chi connectivity index (χ1v) is 6.67. The summed E-state index contributed by atoms with van der Waals surface area (Å²) in [6.07, 6.45) is 5.73. The number of imidazole rings is 1. The number of benzene rings is 1. The van der Waals surface area contributed by atoms with Gasteiger partial charge in [0.1, 0.15) is 11.6 Å². The number of nitrogens with zero attached hydrogens (tertiary/aromatic N) is 2. The molecule has 4 nitrogen and oxygen atoms in total. The number of hydrogen-bond acceptors (Lipinski definition) is 3. The minimum absolute atomic E-state index is 0.284. The summed E-state index contributed by atoms with van der Waals surface area (Å²) in [7, 11) is 4.03. The Morgan fingerprint density at radius 1 is 1.47 bits per heavy atom. The zero-order valence-electron chi connectivity index (χ0n) is 11.4. The second-order valence-corrected chi connectivity index (χ2v) is 4.97. The van der Waals surface area contributed by atoms with Crippen LogP contribution in [-0.2, 0) is 19.9 Å². The van der Waals surface area contributed by atoms with Crippen molar-refractivity contribution < 1.29 is 4.74 Å². The van der Waals surface area contributed by atoms with Gasteiger partial charge in [0.15, 0.2) is 0 Å². The van der Waals surface area contributed by atoms with Crippen molar-refractivity contribution in [3.63, 3.8) is 0 Å². The fourth-order valence-electron chi connectivity index (χ4n) is 2.59. The molecule has 1 N–H and O–H groups in total. The van der Waals surface area contributed by atoms with E-state index in [-0.39, 0.29) is 6.04 Å². The van der Waals surface area contributed by atoms with Crippen LogP contribution in [0.15, 0.2) is 30.6 Å². The number of aromatic nitrogens is 2. The smallest absolute Gasteiger partial charge is 0.122 e. The second kappa shape index (κ2) is 5.05. The Morgan fingerprint density at radius 3 is 3.11 bits per heavy atom. The molecule has 1 aliphatic rings. The highest BCUT2D eigenvalue weighted by molar-refractivity contribution is 5.41. The lowest BCUT2D eigenvalue weighted by Crippen LogP contribution is -2.20. The third-order valence-corrected chi connectivity index (χ3v) is 3.77. The van der Waals surface area contributed by atoms with Gasteiger partial charge in [0.25, 0.3) is 0 Å². The van der Waals surface area contributed by atoms with E-state index in [1.54, 1.807) is 0 Å². The van der Waals surface area contributed by atoms with Crippen LogP contribution < -0.4 is 10.1 Å². The molecule has 2 heterocycles. The Labute approximate surface area is 113 Å². The zero-order chi connectivity index (χ0) is 13.2. The van der Waals surface area contributed by atoms with E-state index in [2.05, 4.69) is 33.1 Å². The summed E-state index contributed by atoms with van der Waals surface area (Å²) in [5.41, 5.74) is 2.62. The van der Waals surface area contributed by atoms with Gasteiger partial charge in [-0.25, -0.2) is 4.98 Å². The standard InChI is InChI=1S/C15H19N3O/c1-16-13(10-15-17-6-7-18(15)2)11-3-4-14-12(9-11)5-8-19-14/h3-4,6-7,9,13,16H,5,8,10H2,1-2H3. The fraction of sp³-hybridized carbons (Fsp3) is 0.400. The van der Waals surface area contributed by atoms with Crippen LogP contribution in [0.3, 0.4) is 0 Å². The van der Waals surface area contributed by atoms with Crippen LogP contribution in [-0.4, -0.2) is 23.2 Å². The average molecular weight is 257 g/mol. The Morgan fingerprint density at radius 2 is 2.37 bits per heavy atom. The van der Waals surface area contributed by atoms with Gasteiger partial charge in [-0.15, -0.1) is 0 Å². The van der Waals surface area contributed by atoms with Crippen molar-refractivity contribution >= 4 is 0 Å². The Hall–Kier alpha value is -1.81. The lowest BCUT2D eigenvalue weighted by Gasteiger charge is -2.17. The molecule has 0 spiro atoms. The van der Waals surface area contributed by atoms with Crippen LogP contribution in [0.25, 0.3) is 0 Å². The van der Waals surface area contributed by atoms with Crippen molar-refractivity contribution in [3.05, 3.63) is 47.5 Å². The van der Waals surface area contributed by atoms with Gasteiger partial charge in [0.2, 0.25) is 0 Å². The lowest BCUT2D eigenvalue weighted by atomic mass is 10.00. The molecule has 1 atom stereocenters. The maximum Gasteiger partial charge on any atom is 0.122 e. The van der Waals surface area contributed by atoms with E-state index < -0.39 is 0 Å². The monoisotopic (exact) mass is 257 g/mol. The van der Waals surface area contributed by atoms with Gasteiger partial charge in [0, 0.05) is 38.3 Å². The highest BCUT2D eigenvalue weighted by atomic mass is 16.5. The molecule has 0 amide bonds. The molecule has 2 aromatic rings. The highest BCUT2D eigenvalue weighted by Crippen LogP contribution is 2.29. The Bertz CT molecular complexity index is 577. The van der Waals surface area contributed by atoms with Crippen molar-refractivity contribution in [1.82, 2.24) is 14.9 Å². The molecule has 3 rings (SSSR count). The Kier molecular flexibility index (Phi) is 3.25. The number of aryl methyl sites for hydroxylation is 1. The normalized spacial score (nSPS) is 15.1. The summed E-state index contributed by atoms with van der Waals surface area (Å²) in [5.74, 6) is 2.13. The number of fused-ring (bicyclic) bond motifs is 1. The number of rotatable bonds is 4. The van der Waals surface area contributed by atoms with Crippen molar-refractivity contribution in [2.45, 2.75) is 18.9 Å². The summed E-state index contributed by atoms with van der Waals surface area (Å²) >= 11 is 0. The maximum absolute atomic E-state index is 5.55. The van der Waals surface area contributed by atoms with E-state index in [0.717, 1.165) is 31.0 Å². The van der Waals surface area contributed by atoms with Crippen molar-refractivity contribution in [2.75, 3.05) is 13.7 Å². The zero-order valence-corrected chi connectivity index (χ0v) is 11.4. The van der Waals surface area contributed by atoms with Gasteiger partial charge in [-0.05, 0) is 24.2 Å². The van der Waals surface area contributed by atoms with E-state index >= 15 is 0 Å². The van der Waals surface area contributed by atoms with Gasteiger partial charge in [0.05, 0.1) is 6.61 Å². The third kappa shape index (κ3) is 2.36. The van der Waals surface area contributed by atoms with Crippen LogP contribution in [0.2, 0.25) is 0 Å². The third-order valence-electron chi connectivity index (χ3n) is 3.77. The molecule has 1 aliphatic heterocycles. The fourth-order valence-corrected chi connectivity index (χ4v) is 2.59. The molecular weight excluding hydrogens is 238 g/mol. The van der Waals surface area contributed by atoms with E-state index in [1.165, 1.54) is 11.1 Å². The average Bonchev–Trinajstić information content (AvgIpc) is 3.04. The molecule has 100 valence electrons. The minimum atomic E-state index is 0.284. The Balaban J connectivity index is 1.84. The topological polar surface area (TPSA) is 39.1 Å². The molecule has 1 unspecified atom stereocenters. The molecule has 0 fully saturated rings. The minimum Gasteiger partial charge on any atom is -0.493 e. The number of nitrogens with one attached hydrogen (secondary N) is 1. The molecule has 1 aromatic heterocycles. The summed E-state index contributed by atoms with van der Waals surface area (Å²) < 4.78 is 7.63. The van der Waals surface area contributed by atoms with E-state index in [1.807, 2.05) is 26.5 Å². The summed E-state index contributed by atoms with van der Waals surface area (Å²) in [6, 6.07) is 6.77. The van der Waals surface area contributed by atoms with Crippen LogP contribution in [0.4, 0.5) is 0 Å². The molecule has 19 heavy (non-hydrogen) atoms. The first-order valence-electron chi connectivity index (χ1n) is 6.67. The van der Waals surface area contributed by atoms with Crippen LogP contribution in [0, 0.1) is 0 Å². The van der Waals surface area contributed by atoms with Crippen molar-refractivity contribution in [2.24, 2.45) is 7.05 Å². The second-order valence-electron chi connectivity index (χ2n) is 4.97. The summed E-state index contributed by atoms with van der Waals surface area (Å²) in [6.45, 7) is 0.808. The van der Waals surface area contributed by atoms with Gasteiger partial charge in [-0.3, -0.25) is 0 Å². The number of ether oxygens (including phenoxy) is 1. The van der Waals surface area contributed by atoms with E-state index in [0.29, 0.717) is 0 Å². The van der Waals surface area contributed by atoms with Crippen LogP contribution >= 0.6 is 0 Å². The number of likely N-dealkylation sites (N-methyl/N-ethyl adjacent to an activating group) is 1. The van der Waals surface area contributed by atoms with Gasteiger partial charge in [-0.2, -0.15) is 0 Å². The first-order chi connectivity index (χ1) is 9.28. The quantitative estimate of drug-likeness (QED) is 0.908. The summed E-state index contributed by atoms with van der Waals surface area (Å²) in [4.78, 5) is 4.40. The van der Waals surface area contributed by atoms with Gasteiger partial charge in [-0.1, -0.05) is 12.1 Å². The molecule has 4 heteroatoms. The van der Waals surface area contributed by atoms with E-state index in [4.69, 9.17) is 4.74 Å². The van der Waals surface area contributed by atoms with Gasteiger partial charge < -0.3 is 14.6 Å². The van der Waals surface area contributed by atoms with Crippen LogP contribution in [0.5, 0.6) is 5.75 Å². The molecule has 0 bridgehead atoms. The molecule has 0 saturated heterocycles. The number of hydrogen-bond donors (Lipinski definition) is 1. The predicted octanol–water partition coefficient (Wildman–Crippen LogP) is 1.86. The molecule has 0 saturated carbocycles. The molecule has 0 aliphatic carbocycles. The van der Waals surface area contributed by atoms with Gasteiger partial charge >= 0.3 is 0 Å². The largest absolute Gasteiger partial charge is 0.493 e. The molecule has 1 aromatic carbocycles. The SMILES string of the molecule is CNC(Cc1nccn1C)c1ccc2c(c1)CCO2. The predicted molar refractivity (Wildman–Crippen MR) is 74.4 cm³/mol. The highest BCUT2D eigenvalue weighted by Gasteiger charge is 2.17. The van der Waals surface area contributed by atoms with Crippen molar-refractivity contribution in [3.8, 4) is 5.75 Å². The first kappa shape index (κ1) is 12.2. The summed E-state index contributed by atoms with van der Waals surface area (Å²) in [5, 5.41) is 3.38. The lowest BCUT2D eigenvalue weighted by molar-refractivity contribution is 0.356.